The number of methoxy groups -OCH3 is 1. The van der Waals surface area contributed by atoms with Crippen molar-refractivity contribution in [2.75, 3.05) is 12.9 Å². The number of esters is 1. The van der Waals surface area contributed by atoms with E-state index in [0.717, 1.165) is 17.1 Å². The number of hydrogen-bond donors (Lipinski definition) is 0. The topological polar surface area (TPSA) is 57.0 Å². The summed E-state index contributed by atoms with van der Waals surface area (Å²) >= 11 is 1.32. The molecule has 100 valence electrons. The van der Waals surface area contributed by atoms with E-state index in [1.54, 1.807) is 0 Å². The van der Waals surface area contributed by atoms with Gasteiger partial charge in [0.25, 0.3) is 0 Å². The molecule has 1 aromatic heterocycles. The van der Waals surface area contributed by atoms with E-state index in [1.165, 1.54) is 18.9 Å². The number of rotatable bonds is 4. The molecule has 1 aromatic carbocycles. The van der Waals surface area contributed by atoms with Gasteiger partial charge < -0.3 is 4.74 Å². The highest BCUT2D eigenvalue weighted by atomic mass is 32.2. The SMILES string of the molecule is COC(=O)CSc1nnc(C)n1-c1cccc(C)c1. The zero-order valence-corrected chi connectivity index (χ0v) is 11.9. The second-order valence-corrected chi connectivity index (χ2v) is 5.01. The molecular weight excluding hydrogens is 262 g/mol. The lowest BCUT2D eigenvalue weighted by atomic mass is 10.2. The number of nitrogens with zero attached hydrogens (tertiary/aromatic N) is 3. The van der Waals surface area contributed by atoms with Crippen LogP contribution in [0.25, 0.3) is 5.69 Å². The highest BCUT2D eigenvalue weighted by molar-refractivity contribution is 7.99. The minimum Gasteiger partial charge on any atom is -0.468 e. The summed E-state index contributed by atoms with van der Waals surface area (Å²) < 4.78 is 6.56. The minimum atomic E-state index is -0.276. The summed E-state index contributed by atoms with van der Waals surface area (Å²) in [6, 6.07) is 8.06. The molecular formula is C13H15N3O2S. The van der Waals surface area contributed by atoms with Gasteiger partial charge in [-0.1, -0.05) is 23.9 Å². The van der Waals surface area contributed by atoms with Crippen LogP contribution in [-0.4, -0.2) is 33.6 Å². The van der Waals surface area contributed by atoms with Crippen LogP contribution in [0.15, 0.2) is 29.4 Å². The molecule has 2 aromatic rings. The number of aromatic nitrogens is 3. The van der Waals surface area contributed by atoms with Crippen molar-refractivity contribution in [3.8, 4) is 5.69 Å². The van der Waals surface area contributed by atoms with Crippen LogP contribution < -0.4 is 0 Å². The fourth-order valence-electron chi connectivity index (χ4n) is 1.68. The van der Waals surface area contributed by atoms with E-state index < -0.39 is 0 Å². The van der Waals surface area contributed by atoms with Crippen LogP contribution in [-0.2, 0) is 9.53 Å². The second-order valence-electron chi connectivity index (χ2n) is 4.07. The first-order chi connectivity index (χ1) is 9.11. The van der Waals surface area contributed by atoms with Gasteiger partial charge >= 0.3 is 5.97 Å². The van der Waals surface area contributed by atoms with Gasteiger partial charge in [-0.2, -0.15) is 0 Å². The monoisotopic (exact) mass is 277 g/mol. The Morgan fingerprint density at radius 1 is 1.37 bits per heavy atom. The Kier molecular flexibility index (Phi) is 4.21. The molecule has 0 radical (unpaired) electrons. The molecule has 2 rings (SSSR count). The average Bonchev–Trinajstić information content (AvgIpc) is 2.77. The third-order valence-corrected chi connectivity index (χ3v) is 3.50. The Balaban J connectivity index is 2.30. The Hall–Kier alpha value is -1.82. The summed E-state index contributed by atoms with van der Waals surface area (Å²) in [6.07, 6.45) is 0. The molecule has 0 atom stereocenters. The maximum atomic E-state index is 11.2. The molecule has 0 fully saturated rings. The number of ether oxygens (including phenoxy) is 1. The smallest absolute Gasteiger partial charge is 0.316 e. The zero-order valence-electron chi connectivity index (χ0n) is 11.1. The summed E-state index contributed by atoms with van der Waals surface area (Å²) in [6.45, 7) is 3.92. The standard InChI is InChI=1S/C13H15N3O2S/c1-9-5-4-6-11(7-9)16-10(2)14-15-13(16)19-8-12(17)18-3/h4-7H,8H2,1-3H3. The first kappa shape index (κ1) is 13.6. The van der Waals surface area contributed by atoms with E-state index >= 15 is 0 Å². The molecule has 0 spiro atoms. The van der Waals surface area contributed by atoms with Crippen molar-refractivity contribution in [1.29, 1.82) is 0 Å². The van der Waals surface area contributed by atoms with Gasteiger partial charge in [0.2, 0.25) is 0 Å². The van der Waals surface area contributed by atoms with Crippen molar-refractivity contribution >= 4 is 17.7 Å². The van der Waals surface area contributed by atoms with Crippen molar-refractivity contribution in [3.63, 3.8) is 0 Å². The van der Waals surface area contributed by atoms with Gasteiger partial charge in [0.15, 0.2) is 5.16 Å². The van der Waals surface area contributed by atoms with Crippen molar-refractivity contribution in [2.45, 2.75) is 19.0 Å². The summed E-state index contributed by atoms with van der Waals surface area (Å²) in [7, 11) is 1.37. The molecule has 0 N–H and O–H groups in total. The molecule has 19 heavy (non-hydrogen) atoms. The van der Waals surface area contributed by atoms with Gasteiger partial charge in [-0.05, 0) is 31.5 Å². The van der Waals surface area contributed by atoms with E-state index in [4.69, 9.17) is 0 Å². The maximum absolute atomic E-state index is 11.2. The van der Waals surface area contributed by atoms with E-state index in [-0.39, 0.29) is 11.7 Å². The van der Waals surface area contributed by atoms with E-state index in [1.807, 2.05) is 36.6 Å². The van der Waals surface area contributed by atoms with E-state index in [9.17, 15) is 4.79 Å². The first-order valence-corrected chi connectivity index (χ1v) is 6.79. The molecule has 0 bridgehead atoms. The lowest BCUT2D eigenvalue weighted by molar-refractivity contribution is -0.137. The first-order valence-electron chi connectivity index (χ1n) is 5.80. The number of carbonyl (C=O) groups excluding carboxylic acids is 1. The number of aryl methyl sites for hydroxylation is 2. The third-order valence-electron chi connectivity index (χ3n) is 2.60. The second kappa shape index (κ2) is 5.88. The van der Waals surface area contributed by atoms with Crippen molar-refractivity contribution in [1.82, 2.24) is 14.8 Å². The maximum Gasteiger partial charge on any atom is 0.316 e. The molecule has 0 saturated heterocycles. The number of hydrogen-bond acceptors (Lipinski definition) is 5. The van der Waals surface area contributed by atoms with Crippen LogP contribution in [0.3, 0.4) is 0 Å². The third kappa shape index (κ3) is 3.14. The van der Waals surface area contributed by atoms with Gasteiger partial charge in [0, 0.05) is 5.69 Å². The molecule has 1 heterocycles. The normalized spacial score (nSPS) is 10.5. The Morgan fingerprint density at radius 3 is 2.84 bits per heavy atom. The Bertz CT molecular complexity index is 595. The lowest BCUT2D eigenvalue weighted by Crippen LogP contribution is -2.05. The van der Waals surface area contributed by atoms with Crippen LogP contribution in [0, 0.1) is 13.8 Å². The van der Waals surface area contributed by atoms with Crippen LogP contribution in [0.4, 0.5) is 0 Å². The fourth-order valence-corrected chi connectivity index (χ4v) is 2.51. The molecule has 0 unspecified atom stereocenters. The van der Waals surface area contributed by atoms with E-state index in [2.05, 4.69) is 21.0 Å². The lowest BCUT2D eigenvalue weighted by Gasteiger charge is -2.08. The average molecular weight is 277 g/mol. The predicted molar refractivity (Wildman–Crippen MR) is 73.6 cm³/mol. The summed E-state index contributed by atoms with van der Waals surface area (Å²) in [5.41, 5.74) is 2.16. The van der Waals surface area contributed by atoms with Crippen molar-refractivity contribution in [3.05, 3.63) is 35.7 Å². The van der Waals surface area contributed by atoms with Crippen LogP contribution >= 0.6 is 11.8 Å². The van der Waals surface area contributed by atoms with Gasteiger partial charge in [-0.15, -0.1) is 10.2 Å². The molecule has 0 aliphatic carbocycles. The van der Waals surface area contributed by atoms with Crippen molar-refractivity contribution < 1.29 is 9.53 Å². The summed E-state index contributed by atoms with van der Waals surface area (Å²) in [4.78, 5) is 11.2. The quantitative estimate of drug-likeness (QED) is 0.633. The van der Waals surface area contributed by atoms with Crippen LogP contribution in [0.2, 0.25) is 0 Å². The fraction of sp³-hybridized carbons (Fsp3) is 0.308. The molecule has 0 aliphatic rings. The molecule has 0 amide bonds. The molecule has 6 heteroatoms. The van der Waals surface area contributed by atoms with E-state index in [0.29, 0.717) is 5.16 Å². The predicted octanol–water partition coefficient (Wildman–Crippen LogP) is 2.15. The zero-order chi connectivity index (χ0) is 13.8. The Morgan fingerprint density at radius 2 is 2.16 bits per heavy atom. The van der Waals surface area contributed by atoms with Crippen LogP contribution in [0.5, 0.6) is 0 Å². The largest absolute Gasteiger partial charge is 0.468 e. The van der Waals surface area contributed by atoms with Gasteiger partial charge in [-0.3, -0.25) is 9.36 Å². The number of benzene rings is 1. The molecule has 5 nitrogen and oxygen atoms in total. The highest BCUT2D eigenvalue weighted by Crippen LogP contribution is 2.22. The number of carbonyl (C=O) groups is 1. The summed E-state index contributed by atoms with van der Waals surface area (Å²) in [5, 5.41) is 8.85. The molecule has 0 aliphatic heterocycles. The Labute approximate surface area is 116 Å². The minimum absolute atomic E-state index is 0.223. The van der Waals surface area contributed by atoms with Gasteiger partial charge in [0.05, 0.1) is 12.9 Å². The van der Waals surface area contributed by atoms with Crippen LogP contribution in [0.1, 0.15) is 11.4 Å². The van der Waals surface area contributed by atoms with Crippen molar-refractivity contribution in [2.24, 2.45) is 0 Å². The highest BCUT2D eigenvalue weighted by Gasteiger charge is 2.13. The van der Waals surface area contributed by atoms with Gasteiger partial charge in [0.1, 0.15) is 5.82 Å². The molecule has 0 saturated carbocycles. The number of thioether (sulfide) groups is 1. The van der Waals surface area contributed by atoms with Gasteiger partial charge in [-0.25, -0.2) is 0 Å². The summed E-state index contributed by atoms with van der Waals surface area (Å²) in [5.74, 6) is 0.736.